The zero-order chi connectivity index (χ0) is 13.9. The van der Waals surface area contributed by atoms with Gasteiger partial charge in [0.05, 0.1) is 29.0 Å². The van der Waals surface area contributed by atoms with E-state index in [4.69, 9.17) is 16.2 Å². The first-order chi connectivity index (χ1) is 8.33. The van der Waals surface area contributed by atoms with Gasteiger partial charge < -0.3 is 16.2 Å². The third-order valence-corrected chi connectivity index (χ3v) is 3.97. The molecule has 0 aliphatic rings. The van der Waals surface area contributed by atoms with Crippen LogP contribution in [0.1, 0.15) is 10.4 Å². The molecule has 1 amide bonds. The number of nitrogen functional groups attached to an aromatic ring is 1. The molecule has 0 aliphatic heterocycles. The Morgan fingerprint density at radius 3 is 2.56 bits per heavy atom. The lowest BCUT2D eigenvalue weighted by molar-refractivity contribution is 0.0997. The molecule has 7 heteroatoms. The Morgan fingerprint density at radius 2 is 2.11 bits per heavy atom. The Kier molecular flexibility index (Phi) is 3.97. The number of benzene rings is 1. The molecule has 98 valence electrons. The van der Waals surface area contributed by atoms with Gasteiger partial charge in [-0.2, -0.15) is 0 Å². The van der Waals surface area contributed by atoms with E-state index in [0.717, 1.165) is 6.07 Å². The van der Waals surface area contributed by atoms with Crippen LogP contribution < -0.4 is 16.2 Å². The smallest absolute Gasteiger partial charge is 0.252 e. The standard InChI is InChI=1S/C11H14N2O4S/c1-3-4-18(15,16)10-5-7(11(13)14)9(17-2)6-8(10)12/h3,5-6H,1,4,12H2,2H3,(H2,13,14). The molecule has 6 nitrogen and oxygen atoms in total. The third kappa shape index (κ3) is 2.62. The van der Waals surface area contributed by atoms with E-state index in [9.17, 15) is 13.2 Å². The Balaban J connectivity index is 3.53. The van der Waals surface area contributed by atoms with Crippen molar-refractivity contribution in [3.8, 4) is 5.75 Å². The summed E-state index contributed by atoms with van der Waals surface area (Å²) in [7, 11) is -2.30. The molecule has 0 saturated heterocycles. The van der Waals surface area contributed by atoms with Crippen LogP contribution in [0.15, 0.2) is 29.7 Å². The highest BCUT2D eigenvalue weighted by Crippen LogP contribution is 2.29. The van der Waals surface area contributed by atoms with Crippen molar-refractivity contribution in [3.63, 3.8) is 0 Å². The number of rotatable bonds is 5. The Labute approximate surface area is 105 Å². The fourth-order valence-electron chi connectivity index (χ4n) is 1.45. The first kappa shape index (κ1) is 14.0. The molecule has 0 fully saturated rings. The zero-order valence-electron chi connectivity index (χ0n) is 9.84. The molecule has 18 heavy (non-hydrogen) atoms. The minimum atomic E-state index is -3.63. The molecule has 0 bridgehead atoms. The van der Waals surface area contributed by atoms with Gasteiger partial charge in [0, 0.05) is 6.07 Å². The summed E-state index contributed by atoms with van der Waals surface area (Å²) in [4.78, 5) is 11.1. The number of amides is 1. The van der Waals surface area contributed by atoms with Crippen molar-refractivity contribution in [2.24, 2.45) is 5.73 Å². The van der Waals surface area contributed by atoms with Crippen LogP contribution in [0.4, 0.5) is 5.69 Å². The Hall–Kier alpha value is -2.02. The number of sulfone groups is 1. The fraction of sp³-hybridized carbons (Fsp3) is 0.182. The lowest BCUT2D eigenvalue weighted by Gasteiger charge is -2.11. The van der Waals surface area contributed by atoms with Gasteiger partial charge >= 0.3 is 0 Å². The highest BCUT2D eigenvalue weighted by molar-refractivity contribution is 7.91. The second-order valence-electron chi connectivity index (χ2n) is 3.52. The highest BCUT2D eigenvalue weighted by atomic mass is 32.2. The van der Waals surface area contributed by atoms with Gasteiger partial charge in [-0.05, 0) is 6.07 Å². The van der Waals surface area contributed by atoms with Crippen molar-refractivity contribution in [1.82, 2.24) is 0 Å². The minimum Gasteiger partial charge on any atom is -0.496 e. The van der Waals surface area contributed by atoms with Gasteiger partial charge in [0.1, 0.15) is 5.75 Å². The Morgan fingerprint density at radius 1 is 1.50 bits per heavy atom. The van der Waals surface area contributed by atoms with Gasteiger partial charge in [-0.15, -0.1) is 6.58 Å². The number of nitrogens with two attached hydrogens (primary N) is 2. The van der Waals surface area contributed by atoms with E-state index in [1.54, 1.807) is 0 Å². The highest BCUT2D eigenvalue weighted by Gasteiger charge is 2.21. The molecule has 0 spiro atoms. The summed E-state index contributed by atoms with van der Waals surface area (Å²) in [6.07, 6.45) is 1.24. The van der Waals surface area contributed by atoms with Crippen LogP contribution in [0.5, 0.6) is 5.75 Å². The average molecular weight is 270 g/mol. The molecule has 0 unspecified atom stereocenters. The predicted octanol–water partition coefficient (Wildman–Crippen LogP) is 0.336. The van der Waals surface area contributed by atoms with Gasteiger partial charge in [-0.3, -0.25) is 4.79 Å². The van der Waals surface area contributed by atoms with Crippen molar-refractivity contribution >= 4 is 21.4 Å². The van der Waals surface area contributed by atoms with Crippen LogP contribution in [0, 0.1) is 0 Å². The van der Waals surface area contributed by atoms with E-state index >= 15 is 0 Å². The molecule has 0 heterocycles. The molecule has 1 aromatic carbocycles. The largest absolute Gasteiger partial charge is 0.496 e. The maximum absolute atomic E-state index is 11.9. The molecular weight excluding hydrogens is 256 g/mol. The van der Waals surface area contributed by atoms with Crippen molar-refractivity contribution in [2.45, 2.75) is 4.90 Å². The van der Waals surface area contributed by atoms with Crippen LogP contribution in [0.3, 0.4) is 0 Å². The number of primary amides is 1. The minimum absolute atomic E-state index is 0.00120. The average Bonchev–Trinajstić information content (AvgIpc) is 2.27. The molecule has 1 rings (SSSR count). The first-order valence-electron chi connectivity index (χ1n) is 4.94. The summed E-state index contributed by atoms with van der Waals surface area (Å²) < 4.78 is 28.7. The normalized spacial score (nSPS) is 10.9. The van der Waals surface area contributed by atoms with E-state index in [-0.39, 0.29) is 27.6 Å². The molecule has 0 atom stereocenters. The van der Waals surface area contributed by atoms with E-state index in [0.29, 0.717) is 0 Å². The van der Waals surface area contributed by atoms with Crippen molar-refractivity contribution in [2.75, 3.05) is 18.6 Å². The van der Waals surface area contributed by atoms with Crippen molar-refractivity contribution < 1.29 is 17.9 Å². The molecule has 0 aromatic heterocycles. The molecule has 0 radical (unpaired) electrons. The first-order valence-corrected chi connectivity index (χ1v) is 6.59. The van der Waals surface area contributed by atoms with E-state index in [1.165, 1.54) is 19.3 Å². The SMILES string of the molecule is C=CCS(=O)(=O)c1cc(C(N)=O)c(OC)cc1N. The van der Waals surface area contributed by atoms with Crippen LogP contribution in [-0.4, -0.2) is 27.2 Å². The van der Waals surface area contributed by atoms with E-state index < -0.39 is 15.7 Å². The maximum atomic E-state index is 11.9. The van der Waals surface area contributed by atoms with Crippen LogP contribution in [0.2, 0.25) is 0 Å². The molecule has 4 N–H and O–H groups in total. The summed E-state index contributed by atoms with van der Waals surface area (Å²) >= 11 is 0. The monoisotopic (exact) mass is 270 g/mol. The number of methoxy groups -OCH3 is 1. The summed E-state index contributed by atoms with van der Waals surface area (Å²) in [5.74, 6) is -0.929. The molecule has 1 aromatic rings. The Bertz CT molecular complexity index is 593. The van der Waals surface area contributed by atoms with Crippen molar-refractivity contribution in [1.29, 1.82) is 0 Å². The quantitative estimate of drug-likeness (QED) is 0.591. The number of carbonyl (C=O) groups excluding carboxylic acids is 1. The fourth-order valence-corrected chi connectivity index (χ4v) is 2.66. The molecule has 0 aliphatic carbocycles. The van der Waals surface area contributed by atoms with Gasteiger partial charge in [0.2, 0.25) is 0 Å². The predicted molar refractivity (Wildman–Crippen MR) is 68.2 cm³/mol. The van der Waals surface area contributed by atoms with Gasteiger partial charge in [-0.25, -0.2) is 8.42 Å². The van der Waals surface area contributed by atoms with Gasteiger partial charge in [-0.1, -0.05) is 6.08 Å². The van der Waals surface area contributed by atoms with E-state index in [2.05, 4.69) is 6.58 Å². The number of hydrogen-bond acceptors (Lipinski definition) is 5. The molecule has 0 saturated carbocycles. The third-order valence-electron chi connectivity index (χ3n) is 2.27. The summed E-state index contributed by atoms with van der Waals surface area (Å²) in [6, 6.07) is 2.38. The number of ether oxygens (including phenoxy) is 1. The maximum Gasteiger partial charge on any atom is 0.252 e. The topological polar surface area (TPSA) is 112 Å². The molecular formula is C11H14N2O4S. The lowest BCUT2D eigenvalue weighted by atomic mass is 10.1. The van der Waals surface area contributed by atoms with Crippen LogP contribution >= 0.6 is 0 Å². The lowest BCUT2D eigenvalue weighted by Crippen LogP contribution is -2.15. The summed E-state index contributed by atoms with van der Waals surface area (Å²) in [5, 5.41) is 0. The van der Waals surface area contributed by atoms with Gasteiger partial charge in [0.15, 0.2) is 9.84 Å². The van der Waals surface area contributed by atoms with Crippen LogP contribution in [0.25, 0.3) is 0 Å². The van der Waals surface area contributed by atoms with Crippen LogP contribution in [-0.2, 0) is 9.84 Å². The number of hydrogen-bond donors (Lipinski definition) is 2. The second kappa shape index (κ2) is 5.09. The number of carbonyl (C=O) groups is 1. The van der Waals surface area contributed by atoms with E-state index in [1.807, 2.05) is 0 Å². The zero-order valence-corrected chi connectivity index (χ0v) is 10.7. The summed E-state index contributed by atoms with van der Waals surface area (Å²) in [5.41, 5.74) is 10.8. The number of anilines is 1. The summed E-state index contributed by atoms with van der Waals surface area (Å²) in [6.45, 7) is 3.36. The van der Waals surface area contributed by atoms with Crippen molar-refractivity contribution in [3.05, 3.63) is 30.4 Å². The second-order valence-corrected chi connectivity index (χ2v) is 5.53. The van der Waals surface area contributed by atoms with Gasteiger partial charge in [0.25, 0.3) is 5.91 Å².